The van der Waals surface area contributed by atoms with Crippen LogP contribution in [0.5, 0.6) is 0 Å². The van der Waals surface area contributed by atoms with Crippen LogP contribution in [0.2, 0.25) is 0 Å². The molecule has 0 radical (unpaired) electrons. The number of hydrogen-bond donors (Lipinski definition) is 1. The first-order chi connectivity index (χ1) is 18.6. The van der Waals surface area contributed by atoms with E-state index < -0.39 is 11.0 Å². The number of amides is 3. The average molecular weight is 529 g/mol. The van der Waals surface area contributed by atoms with Crippen LogP contribution in [0.25, 0.3) is 11.6 Å². The minimum Gasteiger partial charge on any atom is -0.444 e. The first-order valence-electron chi connectivity index (χ1n) is 13.6. The summed E-state index contributed by atoms with van der Waals surface area (Å²) in [4.78, 5) is 46.4. The van der Waals surface area contributed by atoms with Gasteiger partial charge >= 0.3 is 6.09 Å². The van der Waals surface area contributed by atoms with Gasteiger partial charge in [0, 0.05) is 38.5 Å². The molecule has 1 N–H and O–H groups in total. The van der Waals surface area contributed by atoms with Gasteiger partial charge in [-0.2, -0.15) is 0 Å². The lowest BCUT2D eigenvalue weighted by Crippen LogP contribution is -2.51. The van der Waals surface area contributed by atoms with Crippen molar-refractivity contribution in [1.82, 2.24) is 14.8 Å². The summed E-state index contributed by atoms with van der Waals surface area (Å²) >= 11 is 0. The molecule has 4 heterocycles. The Morgan fingerprint density at radius 3 is 2.49 bits per heavy atom. The van der Waals surface area contributed by atoms with E-state index in [0.717, 1.165) is 17.5 Å². The summed E-state index contributed by atoms with van der Waals surface area (Å²) < 4.78 is 5.50. The van der Waals surface area contributed by atoms with Gasteiger partial charge in [0.05, 0.1) is 5.41 Å². The molecule has 8 nitrogen and oxygen atoms in total. The van der Waals surface area contributed by atoms with Crippen molar-refractivity contribution >= 4 is 35.4 Å². The molecule has 1 fully saturated rings. The topological polar surface area (TPSA) is 91.8 Å². The highest BCUT2D eigenvalue weighted by Gasteiger charge is 2.46. The van der Waals surface area contributed by atoms with Gasteiger partial charge in [0.1, 0.15) is 11.4 Å². The van der Waals surface area contributed by atoms with E-state index in [2.05, 4.69) is 28.5 Å². The van der Waals surface area contributed by atoms with Crippen LogP contribution in [-0.4, -0.2) is 64.5 Å². The van der Waals surface area contributed by atoms with Crippen LogP contribution < -0.4 is 5.32 Å². The predicted octanol–water partition coefficient (Wildman–Crippen LogP) is 4.92. The Balaban J connectivity index is 1.21. The molecule has 204 valence electrons. The molecule has 1 aromatic heterocycles. The van der Waals surface area contributed by atoms with Gasteiger partial charge in [0.2, 0.25) is 11.8 Å². The molecular formula is C31H36N4O4. The maximum absolute atomic E-state index is 13.1. The van der Waals surface area contributed by atoms with Gasteiger partial charge in [-0.1, -0.05) is 36.4 Å². The third-order valence-corrected chi connectivity index (χ3v) is 7.69. The minimum absolute atomic E-state index is 0.0321. The molecule has 5 rings (SSSR count). The largest absolute Gasteiger partial charge is 0.444 e. The van der Waals surface area contributed by atoms with Crippen molar-refractivity contribution in [3.63, 3.8) is 0 Å². The third kappa shape index (κ3) is 6.05. The van der Waals surface area contributed by atoms with Crippen molar-refractivity contribution in [3.05, 3.63) is 71.4 Å². The van der Waals surface area contributed by atoms with Crippen LogP contribution in [0.3, 0.4) is 0 Å². The number of fused-ring (bicyclic) bond motifs is 1. The van der Waals surface area contributed by atoms with E-state index in [-0.39, 0.29) is 17.9 Å². The van der Waals surface area contributed by atoms with E-state index in [1.807, 2.05) is 49.9 Å². The predicted molar refractivity (Wildman–Crippen MR) is 151 cm³/mol. The molecule has 3 amide bonds. The summed E-state index contributed by atoms with van der Waals surface area (Å²) in [6.07, 6.45) is 9.36. The second-order valence-corrected chi connectivity index (χ2v) is 11.6. The van der Waals surface area contributed by atoms with E-state index in [1.165, 1.54) is 11.1 Å². The number of benzene rings is 1. The second-order valence-electron chi connectivity index (χ2n) is 11.6. The lowest BCUT2D eigenvalue weighted by molar-refractivity contribution is -0.129. The first kappa shape index (κ1) is 26.7. The number of hydrogen-bond acceptors (Lipinski definition) is 5. The van der Waals surface area contributed by atoms with Crippen LogP contribution in [-0.2, 0) is 20.7 Å². The van der Waals surface area contributed by atoms with E-state index in [0.29, 0.717) is 51.3 Å². The van der Waals surface area contributed by atoms with Crippen molar-refractivity contribution in [3.8, 4) is 0 Å². The minimum atomic E-state index is -0.581. The number of pyridine rings is 1. The van der Waals surface area contributed by atoms with Crippen LogP contribution in [0, 0.1) is 5.41 Å². The molecule has 1 spiro atoms. The van der Waals surface area contributed by atoms with E-state index in [9.17, 15) is 14.4 Å². The first-order valence-corrected chi connectivity index (χ1v) is 13.6. The molecule has 2 aromatic rings. The maximum Gasteiger partial charge on any atom is 0.410 e. The highest BCUT2D eigenvalue weighted by atomic mass is 16.6. The zero-order valence-electron chi connectivity index (χ0n) is 22.9. The summed E-state index contributed by atoms with van der Waals surface area (Å²) in [6, 6.07) is 12.3. The zero-order chi connectivity index (χ0) is 27.6. The molecule has 0 aliphatic carbocycles. The Morgan fingerprint density at radius 1 is 1.08 bits per heavy atom. The Hall–Kier alpha value is -3.94. The summed E-state index contributed by atoms with van der Waals surface area (Å²) in [6.45, 7) is 7.75. The van der Waals surface area contributed by atoms with Crippen LogP contribution in [0.1, 0.15) is 56.7 Å². The number of rotatable bonds is 3. The molecule has 0 bridgehead atoms. The lowest BCUT2D eigenvalue weighted by atomic mass is 9.71. The van der Waals surface area contributed by atoms with Gasteiger partial charge < -0.3 is 19.9 Å². The van der Waals surface area contributed by atoms with Crippen molar-refractivity contribution in [1.29, 1.82) is 0 Å². The van der Waals surface area contributed by atoms with Gasteiger partial charge in [-0.25, -0.2) is 9.78 Å². The zero-order valence-corrected chi connectivity index (χ0v) is 22.9. The summed E-state index contributed by atoms with van der Waals surface area (Å²) in [5.41, 5.74) is 3.11. The third-order valence-electron chi connectivity index (χ3n) is 7.69. The van der Waals surface area contributed by atoms with Gasteiger partial charge in [-0.15, -0.1) is 0 Å². The molecule has 0 atom stereocenters. The fourth-order valence-corrected chi connectivity index (χ4v) is 5.46. The number of nitrogens with zero attached hydrogens (tertiary/aromatic N) is 3. The number of aromatic nitrogens is 1. The Kier molecular flexibility index (Phi) is 7.30. The van der Waals surface area contributed by atoms with Crippen LogP contribution >= 0.6 is 0 Å². The molecule has 0 unspecified atom stereocenters. The number of nitrogens with one attached hydrogen (secondary N) is 1. The molecular weight excluding hydrogens is 492 g/mol. The van der Waals surface area contributed by atoms with Crippen molar-refractivity contribution < 1.29 is 19.1 Å². The van der Waals surface area contributed by atoms with Crippen LogP contribution in [0.15, 0.2) is 54.7 Å². The van der Waals surface area contributed by atoms with E-state index in [4.69, 9.17) is 4.74 Å². The van der Waals surface area contributed by atoms with Crippen molar-refractivity contribution in [2.45, 2.75) is 52.1 Å². The molecule has 0 saturated carbocycles. The van der Waals surface area contributed by atoms with E-state index in [1.54, 1.807) is 23.2 Å². The summed E-state index contributed by atoms with van der Waals surface area (Å²) in [7, 11) is 0. The quantitative estimate of drug-likeness (QED) is 0.571. The number of carbonyl (C=O) groups is 3. The standard InChI is InChI=1S/C31H36N4O4/c1-30(2,3)39-29(38)35-17-13-31(14-18-35)20-25-19-22(21-32-27(25)33-28(31)37)9-10-26(36)34-15-11-24(12-16-34)23-7-5-4-6-8-23/h4-11,19,21H,12-18,20H2,1-3H3,(H,32,33,37). The summed E-state index contributed by atoms with van der Waals surface area (Å²) in [5.74, 6) is 0.492. The second kappa shape index (κ2) is 10.7. The fraction of sp³-hybridized carbons (Fsp3) is 0.419. The number of likely N-dealkylation sites (tertiary alicyclic amines) is 1. The van der Waals surface area contributed by atoms with Crippen LogP contribution in [0.4, 0.5) is 10.6 Å². The van der Waals surface area contributed by atoms with Gasteiger partial charge in [0.15, 0.2) is 0 Å². The highest BCUT2D eigenvalue weighted by Crippen LogP contribution is 2.41. The Bertz CT molecular complexity index is 1320. The van der Waals surface area contributed by atoms with Gasteiger partial charge in [0.25, 0.3) is 0 Å². The SMILES string of the molecule is CC(C)(C)OC(=O)N1CCC2(CC1)Cc1cc(C=CC(=O)N3CC=C(c4ccccc4)CC3)cnc1NC2=O. The summed E-state index contributed by atoms with van der Waals surface area (Å²) in [5, 5.41) is 2.97. The molecule has 39 heavy (non-hydrogen) atoms. The van der Waals surface area contributed by atoms with E-state index >= 15 is 0 Å². The normalized spacial score (nSPS) is 18.9. The number of carbonyl (C=O) groups excluding carboxylic acids is 3. The fourth-order valence-electron chi connectivity index (χ4n) is 5.46. The number of piperidine rings is 1. The highest BCUT2D eigenvalue weighted by molar-refractivity contribution is 5.98. The molecule has 1 saturated heterocycles. The van der Waals surface area contributed by atoms with Gasteiger partial charge in [-0.3, -0.25) is 9.59 Å². The molecule has 3 aliphatic heterocycles. The lowest BCUT2D eigenvalue weighted by Gasteiger charge is -2.43. The molecule has 3 aliphatic rings. The average Bonchev–Trinajstić information content (AvgIpc) is 2.92. The molecule has 1 aromatic carbocycles. The Morgan fingerprint density at radius 2 is 1.82 bits per heavy atom. The van der Waals surface area contributed by atoms with Gasteiger partial charge in [-0.05, 0) is 80.9 Å². The molecule has 8 heteroatoms. The number of ether oxygens (including phenoxy) is 1. The Labute approximate surface area is 229 Å². The number of anilines is 1. The monoisotopic (exact) mass is 528 g/mol. The smallest absolute Gasteiger partial charge is 0.410 e. The van der Waals surface area contributed by atoms with Crippen molar-refractivity contribution in [2.24, 2.45) is 5.41 Å². The maximum atomic E-state index is 13.1. The van der Waals surface area contributed by atoms with Crippen molar-refractivity contribution in [2.75, 3.05) is 31.5 Å².